The van der Waals surface area contributed by atoms with Gasteiger partial charge in [0.15, 0.2) is 0 Å². The summed E-state index contributed by atoms with van der Waals surface area (Å²) in [6.07, 6.45) is 5.39. The van der Waals surface area contributed by atoms with Gasteiger partial charge in [0.1, 0.15) is 12.4 Å². The maximum Gasteiger partial charge on any atom is 0.243 e. The van der Waals surface area contributed by atoms with Crippen LogP contribution in [0, 0.1) is 11.7 Å². The van der Waals surface area contributed by atoms with Crippen LogP contribution in [0.3, 0.4) is 0 Å². The van der Waals surface area contributed by atoms with E-state index in [0.29, 0.717) is 12.1 Å². The van der Waals surface area contributed by atoms with E-state index in [1.165, 1.54) is 23.1 Å². The highest BCUT2D eigenvalue weighted by Crippen LogP contribution is 2.23. The Bertz CT molecular complexity index is 942. The fraction of sp³-hybridized carbons (Fsp3) is 0.389. The number of nitrogens with zero attached hydrogens (tertiary/aromatic N) is 4. The van der Waals surface area contributed by atoms with E-state index in [2.05, 4.69) is 9.97 Å². The van der Waals surface area contributed by atoms with E-state index in [-0.39, 0.29) is 24.7 Å². The highest BCUT2D eigenvalue weighted by molar-refractivity contribution is 7.92. The van der Waals surface area contributed by atoms with Crippen LogP contribution in [0.5, 0.6) is 0 Å². The number of benzene rings is 1. The van der Waals surface area contributed by atoms with E-state index in [4.69, 9.17) is 0 Å². The van der Waals surface area contributed by atoms with Gasteiger partial charge in [0.2, 0.25) is 15.9 Å². The van der Waals surface area contributed by atoms with Crippen molar-refractivity contribution in [2.45, 2.75) is 12.5 Å². The van der Waals surface area contributed by atoms with Crippen LogP contribution in [0.2, 0.25) is 0 Å². The van der Waals surface area contributed by atoms with E-state index in [9.17, 15) is 22.7 Å². The molecule has 10 heteroatoms. The third-order valence-electron chi connectivity index (χ3n) is 4.62. The lowest BCUT2D eigenvalue weighted by Gasteiger charge is -2.25. The quantitative estimate of drug-likeness (QED) is 0.744. The molecule has 1 amide bonds. The van der Waals surface area contributed by atoms with Crippen molar-refractivity contribution in [1.29, 1.82) is 0 Å². The largest absolute Gasteiger partial charge is 0.391 e. The SMILES string of the molecule is CS(=O)(=O)N(CC(=O)N1C[C@@H](Cc2cnccn2)[C@H](O)C1)c1cccc(F)c1. The number of likely N-dealkylation sites (tertiary alicyclic amines) is 1. The Morgan fingerprint density at radius 2 is 2.14 bits per heavy atom. The Kier molecular flexibility index (Phi) is 5.90. The van der Waals surface area contributed by atoms with E-state index in [1.54, 1.807) is 18.6 Å². The minimum atomic E-state index is -3.80. The number of carbonyl (C=O) groups excluding carboxylic acids is 1. The van der Waals surface area contributed by atoms with E-state index in [0.717, 1.165) is 16.6 Å². The van der Waals surface area contributed by atoms with Crippen molar-refractivity contribution in [2.24, 2.45) is 5.92 Å². The standard InChI is InChI=1S/C18H21FN4O4S/c1-28(26,27)23(16-4-2-3-14(19)8-16)12-18(25)22-10-13(17(24)11-22)7-15-9-20-5-6-21-15/h2-6,8-9,13,17,24H,7,10-12H2,1H3/t13-,17-/m1/s1. The van der Waals surface area contributed by atoms with Crippen LogP contribution in [0.15, 0.2) is 42.9 Å². The second-order valence-corrected chi connectivity index (χ2v) is 8.68. The number of hydrogen-bond donors (Lipinski definition) is 1. The zero-order valence-corrected chi connectivity index (χ0v) is 16.1. The van der Waals surface area contributed by atoms with Crippen LogP contribution in [-0.4, -0.2) is 66.3 Å². The number of amides is 1. The molecule has 1 aromatic heterocycles. The fourth-order valence-electron chi connectivity index (χ4n) is 3.22. The predicted octanol–water partition coefficient (Wildman–Crippen LogP) is 0.444. The molecular formula is C18H21FN4O4S. The molecule has 2 atom stereocenters. The van der Waals surface area contributed by atoms with Crippen LogP contribution in [-0.2, 0) is 21.2 Å². The molecule has 28 heavy (non-hydrogen) atoms. The first kappa shape index (κ1) is 20.2. The number of β-amino-alcohol motifs (C(OH)–C–C–N with tert-alkyl or cyclic N) is 1. The molecule has 0 radical (unpaired) electrons. The molecule has 8 nitrogen and oxygen atoms in total. The molecule has 3 rings (SSSR count). The molecule has 1 N–H and O–H groups in total. The monoisotopic (exact) mass is 408 g/mol. The minimum absolute atomic E-state index is 0.0757. The van der Waals surface area contributed by atoms with Gasteiger partial charge in [0.05, 0.1) is 23.7 Å². The first-order chi connectivity index (χ1) is 13.2. The molecular weight excluding hydrogens is 387 g/mol. The normalized spacial score (nSPS) is 19.6. The predicted molar refractivity (Wildman–Crippen MR) is 100 cm³/mol. The van der Waals surface area contributed by atoms with Crippen LogP contribution in [0.25, 0.3) is 0 Å². The molecule has 0 unspecified atom stereocenters. The first-order valence-electron chi connectivity index (χ1n) is 8.68. The van der Waals surface area contributed by atoms with Gasteiger partial charge in [-0.05, 0) is 24.6 Å². The number of aliphatic hydroxyl groups is 1. The summed E-state index contributed by atoms with van der Waals surface area (Å²) in [5.41, 5.74) is 0.782. The third-order valence-corrected chi connectivity index (χ3v) is 5.76. The average Bonchev–Trinajstić information content (AvgIpc) is 3.00. The molecule has 0 spiro atoms. The van der Waals surface area contributed by atoms with Gasteiger partial charge in [-0.15, -0.1) is 0 Å². The van der Waals surface area contributed by atoms with Crippen LogP contribution < -0.4 is 4.31 Å². The van der Waals surface area contributed by atoms with Gasteiger partial charge >= 0.3 is 0 Å². The molecule has 2 heterocycles. The number of aromatic nitrogens is 2. The summed E-state index contributed by atoms with van der Waals surface area (Å²) in [6.45, 7) is -0.0886. The van der Waals surface area contributed by atoms with E-state index >= 15 is 0 Å². The number of rotatable bonds is 6. The number of halogens is 1. The summed E-state index contributed by atoms with van der Waals surface area (Å²) in [5, 5.41) is 10.3. The number of hydrogen-bond acceptors (Lipinski definition) is 6. The lowest BCUT2D eigenvalue weighted by molar-refractivity contribution is -0.128. The van der Waals surface area contributed by atoms with Gasteiger partial charge in [-0.25, -0.2) is 12.8 Å². The molecule has 0 bridgehead atoms. The fourth-order valence-corrected chi connectivity index (χ4v) is 4.06. The second-order valence-electron chi connectivity index (χ2n) is 6.78. The number of sulfonamides is 1. The van der Waals surface area contributed by atoms with E-state index < -0.39 is 34.4 Å². The minimum Gasteiger partial charge on any atom is -0.391 e. The molecule has 1 aliphatic rings. The van der Waals surface area contributed by atoms with Crippen molar-refractivity contribution in [2.75, 3.05) is 30.2 Å². The Hall–Kier alpha value is -2.59. The van der Waals surface area contributed by atoms with Crippen molar-refractivity contribution in [3.05, 3.63) is 54.4 Å². The van der Waals surface area contributed by atoms with Crippen molar-refractivity contribution in [3.8, 4) is 0 Å². The first-order valence-corrected chi connectivity index (χ1v) is 10.5. The summed E-state index contributed by atoms with van der Waals surface area (Å²) in [7, 11) is -3.80. The van der Waals surface area contributed by atoms with Gasteiger partial charge in [0, 0.05) is 37.6 Å². The molecule has 0 aliphatic carbocycles. The highest BCUT2D eigenvalue weighted by Gasteiger charge is 2.35. The van der Waals surface area contributed by atoms with Crippen molar-refractivity contribution in [3.63, 3.8) is 0 Å². The molecule has 2 aromatic rings. The van der Waals surface area contributed by atoms with Gasteiger partial charge in [-0.1, -0.05) is 6.07 Å². The topological polar surface area (TPSA) is 104 Å². The average molecular weight is 408 g/mol. The lowest BCUT2D eigenvalue weighted by atomic mass is 10.0. The second kappa shape index (κ2) is 8.19. The smallest absolute Gasteiger partial charge is 0.243 e. The molecule has 0 saturated carbocycles. The number of anilines is 1. The maximum atomic E-state index is 13.5. The summed E-state index contributed by atoms with van der Waals surface area (Å²) >= 11 is 0. The number of aliphatic hydroxyl groups excluding tert-OH is 1. The lowest BCUT2D eigenvalue weighted by Crippen LogP contribution is -2.42. The highest BCUT2D eigenvalue weighted by atomic mass is 32.2. The molecule has 1 fully saturated rings. The van der Waals surface area contributed by atoms with Crippen molar-refractivity contribution < 1.29 is 22.7 Å². The Morgan fingerprint density at radius 1 is 1.36 bits per heavy atom. The summed E-state index contributed by atoms with van der Waals surface area (Å²) in [6, 6.07) is 5.06. The van der Waals surface area contributed by atoms with Crippen LogP contribution in [0.1, 0.15) is 5.69 Å². The van der Waals surface area contributed by atoms with Gasteiger partial charge in [-0.2, -0.15) is 0 Å². The van der Waals surface area contributed by atoms with Crippen molar-refractivity contribution in [1.82, 2.24) is 14.9 Å². The Morgan fingerprint density at radius 3 is 2.79 bits per heavy atom. The van der Waals surface area contributed by atoms with Gasteiger partial charge < -0.3 is 10.0 Å². The van der Waals surface area contributed by atoms with Crippen LogP contribution >= 0.6 is 0 Å². The maximum absolute atomic E-state index is 13.5. The van der Waals surface area contributed by atoms with Crippen molar-refractivity contribution >= 4 is 21.6 Å². The molecule has 1 saturated heterocycles. The summed E-state index contributed by atoms with van der Waals surface area (Å²) in [5.74, 6) is -1.28. The summed E-state index contributed by atoms with van der Waals surface area (Å²) in [4.78, 5) is 22.3. The molecule has 1 aromatic carbocycles. The Labute approximate surface area is 162 Å². The Balaban J connectivity index is 1.70. The van der Waals surface area contributed by atoms with Crippen LogP contribution in [0.4, 0.5) is 10.1 Å². The van der Waals surface area contributed by atoms with E-state index in [1.807, 2.05) is 0 Å². The van der Waals surface area contributed by atoms with Gasteiger partial charge in [-0.3, -0.25) is 19.1 Å². The molecule has 1 aliphatic heterocycles. The summed E-state index contributed by atoms with van der Waals surface area (Å²) < 4.78 is 38.6. The zero-order chi connectivity index (χ0) is 20.3. The number of carbonyl (C=O) groups is 1. The van der Waals surface area contributed by atoms with Gasteiger partial charge in [0.25, 0.3) is 0 Å². The molecule has 150 valence electrons. The zero-order valence-electron chi connectivity index (χ0n) is 15.3. The third kappa shape index (κ3) is 4.82.